The van der Waals surface area contributed by atoms with E-state index in [4.69, 9.17) is 4.74 Å². The van der Waals surface area contributed by atoms with E-state index >= 15 is 0 Å². The minimum Gasteiger partial charge on any atom is -0.381 e. The zero-order chi connectivity index (χ0) is 17.9. The first-order chi connectivity index (χ1) is 12.0. The predicted octanol–water partition coefficient (Wildman–Crippen LogP) is 3.80. The summed E-state index contributed by atoms with van der Waals surface area (Å²) < 4.78 is 45.9. The van der Waals surface area contributed by atoms with Crippen LogP contribution in [0.15, 0.2) is 30.5 Å². The van der Waals surface area contributed by atoms with Crippen molar-refractivity contribution in [2.45, 2.75) is 25.4 Å². The zero-order valence-corrected chi connectivity index (χ0v) is 13.6. The van der Waals surface area contributed by atoms with Gasteiger partial charge in [-0.25, -0.2) is 0 Å². The van der Waals surface area contributed by atoms with Crippen LogP contribution in [-0.2, 0) is 10.9 Å². The lowest BCUT2D eigenvalue weighted by atomic mass is 10.0. The highest BCUT2D eigenvalue weighted by Crippen LogP contribution is 2.36. The third-order valence-electron chi connectivity index (χ3n) is 4.11. The minimum absolute atomic E-state index is 0.0737. The highest BCUT2D eigenvalue weighted by molar-refractivity contribution is 6.00. The molecule has 1 aliphatic carbocycles. The number of amides is 1. The summed E-state index contributed by atoms with van der Waals surface area (Å²) in [5, 5.41) is 2.45. The molecule has 1 amide bonds. The van der Waals surface area contributed by atoms with Crippen LogP contribution in [0.2, 0.25) is 0 Å². The molecule has 1 aliphatic rings. The van der Waals surface area contributed by atoms with Gasteiger partial charge < -0.3 is 10.1 Å². The van der Waals surface area contributed by atoms with Gasteiger partial charge in [0.1, 0.15) is 0 Å². The van der Waals surface area contributed by atoms with E-state index in [0.29, 0.717) is 18.9 Å². The Kier molecular flexibility index (Phi) is 5.22. The number of alkyl halides is 3. The molecule has 1 aromatic carbocycles. The minimum atomic E-state index is -4.64. The molecule has 134 valence electrons. The number of benzene rings is 1. The third-order valence-corrected chi connectivity index (χ3v) is 4.11. The number of ether oxygens (including phenoxy) is 1. The van der Waals surface area contributed by atoms with Crippen LogP contribution in [0.5, 0.6) is 0 Å². The van der Waals surface area contributed by atoms with Gasteiger partial charge in [-0.3, -0.25) is 9.78 Å². The van der Waals surface area contributed by atoms with Crippen LogP contribution in [0.4, 0.5) is 13.2 Å². The second-order valence-corrected chi connectivity index (χ2v) is 6.19. The van der Waals surface area contributed by atoms with Crippen molar-refractivity contribution in [1.29, 1.82) is 0 Å². The molecule has 0 atom stereocenters. The van der Waals surface area contributed by atoms with E-state index < -0.39 is 23.2 Å². The van der Waals surface area contributed by atoms with Crippen molar-refractivity contribution in [3.8, 4) is 0 Å². The van der Waals surface area contributed by atoms with Gasteiger partial charge in [0, 0.05) is 31.3 Å². The number of para-hydroxylation sites is 1. The van der Waals surface area contributed by atoms with Crippen LogP contribution in [0.3, 0.4) is 0 Å². The number of pyridine rings is 1. The van der Waals surface area contributed by atoms with Gasteiger partial charge in [-0.1, -0.05) is 18.2 Å². The van der Waals surface area contributed by atoms with Crippen LogP contribution in [0.25, 0.3) is 10.9 Å². The van der Waals surface area contributed by atoms with Crippen LogP contribution in [0.1, 0.15) is 35.2 Å². The lowest BCUT2D eigenvalue weighted by molar-refractivity contribution is -0.136. The first-order valence-electron chi connectivity index (χ1n) is 8.27. The van der Waals surface area contributed by atoms with Gasteiger partial charge in [0.05, 0.1) is 16.6 Å². The van der Waals surface area contributed by atoms with Crippen molar-refractivity contribution in [3.63, 3.8) is 0 Å². The largest absolute Gasteiger partial charge is 0.417 e. The molecule has 0 saturated heterocycles. The number of hydrogen-bond acceptors (Lipinski definition) is 3. The summed E-state index contributed by atoms with van der Waals surface area (Å²) in [7, 11) is 0. The summed E-state index contributed by atoms with van der Waals surface area (Å²) in [5.74, 6) is -0.111. The molecule has 0 bridgehead atoms. The molecule has 0 unspecified atom stereocenters. The Morgan fingerprint density at radius 1 is 1.28 bits per heavy atom. The van der Waals surface area contributed by atoms with E-state index in [1.54, 1.807) is 6.07 Å². The molecular weight excluding hydrogens is 333 g/mol. The smallest absolute Gasteiger partial charge is 0.381 e. The Labute approximate surface area is 143 Å². The number of halogens is 3. The van der Waals surface area contributed by atoms with Gasteiger partial charge in [-0.15, -0.1) is 0 Å². The second-order valence-electron chi connectivity index (χ2n) is 6.19. The first-order valence-corrected chi connectivity index (χ1v) is 8.27. The molecule has 25 heavy (non-hydrogen) atoms. The number of aromatic nitrogens is 1. The summed E-state index contributed by atoms with van der Waals surface area (Å²) in [6.45, 7) is 1.47. The van der Waals surface area contributed by atoms with Crippen LogP contribution in [-0.4, -0.2) is 30.6 Å². The number of carbonyl (C=O) groups is 1. The quantitative estimate of drug-likeness (QED) is 0.771. The standard InChI is InChI=1S/C18H19F3N2O2/c19-18(20,21)16-13-4-1-2-5-15(13)23-10-14(16)17(24)22-8-3-9-25-11-12-6-7-12/h1-2,4-5,10,12H,3,6-9,11H2,(H,22,24). The molecule has 4 nitrogen and oxygen atoms in total. The van der Waals surface area contributed by atoms with Crippen LogP contribution >= 0.6 is 0 Å². The van der Waals surface area contributed by atoms with Crippen molar-refractivity contribution in [2.24, 2.45) is 5.92 Å². The van der Waals surface area contributed by atoms with Crippen molar-refractivity contribution >= 4 is 16.8 Å². The number of rotatable bonds is 7. The van der Waals surface area contributed by atoms with Crippen molar-refractivity contribution in [2.75, 3.05) is 19.8 Å². The normalized spacial score (nSPS) is 14.7. The number of nitrogens with one attached hydrogen (secondary N) is 1. The Balaban J connectivity index is 1.67. The Morgan fingerprint density at radius 2 is 2.04 bits per heavy atom. The van der Waals surface area contributed by atoms with Gasteiger partial charge in [-0.2, -0.15) is 13.2 Å². The Morgan fingerprint density at radius 3 is 2.76 bits per heavy atom. The molecule has 1 aromatic heterocycles. The fourth-order valence-electron chi connectivity index (χ4n) is 2.62. The Bertz CT molecular complexity index is 758. The average Bonchev–Trinajstić information content (AvgIpc) is 3.40. The monoisotopic (exact) mass is 352 g/mol. The fourth-order valence-corrected chi connectivity index (χ4v) is 2.62. The van der Waals surface area contributed by atoms with E-state index in [-0.39, 0.29) is 17.4 Å². The summed E-state index contributed by atoms with van der Waals surface area (Å²) in [6.07, 6.45) is -0.689. The van der Waals surface area contributed by atoms with E-state index in [1.807, 2.05) is 0 Å². The topological polar surface area (TPSA) is 51.2 Å². The highest BCUT2D eigenvalue weighted by Gasteiger charge is 2.37. The summed E-state index contributed by atoms with van der Waals surface area (Å²) >= 11 is 0. The van der Waals surface area contributed by atoms with Gasteiger partial charge in [0.2, 0.25) is 0 Å². The van der Waals surface area contributed by atoms with Crippen LogP contribution < -0.4 is 5.32 Å². The molecule has 0 radical (unpaired) electrons. The number of carbonyl (C=O) groups excluding carboxylic acids is 1. The van der Waals surface area contributed by atoms with E-state index in [0.717, 1.165) is 12.8 Å². The molecule has 1 N–H and O–H groups in total. The van der Waals surface area contributed by atoms with Crippen LogP contribution in [0, 0.1) is 5.92 Å². The maximum atomic E-state index is 13.5. The fraction of sp³-hybridized carbons (Fsp3) is 0.444. The second kappa shape index (κ2) is 7.39. The first kappa shape index (κ1) is 17.7. The highest BCUT2D eigenvalue weighted by atomic mass is 19.4. The average molecular weight is 352 g/mol. The van der Waals surface area contributed by atoms with E-state index in [2.05, 4.69) is 10.3 Å². The third kappa shape index (κ3) is 4.48. The SMILES string of the molecule is O=C(NCCCOCC1CC1)c1cnc2ccccc2c1C(F)(F)F. The summed E-state index contributed by atoms with van der Waals surface area (Å²) in [4.78, 5) is 16.2. The molecule has 1 heterocycles. The maximum Gasteiger partial charge on any atom is 0.417 e. The predicted molar refractivity (Wildman–Crippen MR) is 87.2 cm³/mol. The molecule has 1 fully saturated rings. The molecule has 0 aliphatic heterocycles. The molecule has 3 rings (SSSR count). The molecule has 0 spiro atoms. The number of nitrogens with zero attached hydrogens (tertiary/aromatic N) is 1. The number of fused-ring (bicyclic) bond motifs is 1. The molecule has 7 heteroatoms. The number of hydrogen-bond donors (Lipinski definition) is 1. The van der Waals surface area contributed by atoms with Gasteiger partial charge in [0.15, 0.2) is 0 Å². The molecular formula is C18H19F3N2O2. The lowest BCUT2D eigenvalue weighted by Gasteiger charge is -2.15. The van der Waals surface area contributed by atoms with E-state index in [1.165, 1.54) is 31.0 Å². The lowest BCUT2D eigenvalue weighted by Crippen LogP contribution is -2.28. The van der Waals surface area contributed by atoms with Crippen molar-refractivity contribution < 1.29 is 22.7 Å². The van der Waals surface area contributed by atoms with Gasteiger partial charge >= 0.3 is 6.18 Å². The summed E-state index contributed by atoms with van der Waals surface area (Å²) in [5.41, 5.74) is -1.19. The van der Waals surface area contributed by atoms with Crippen molar-refractivity contribution in [1.82, 2.24) is 10.3 Å². The van der Waals surface area contributed by atoms with Gasteiger partial charge in [-0.05, 0) is 31.2 Å². The molecule has 1 saturated carbocycles. The van der Waals surface area contributed by atoms with Gasteiger partial charge in [0.25, 0.3) is 5.91 Å². The van der Waals surface area contributed by atoms with E-state index in [9.17, 15) is 18.0 Å². The maximum absolute atomic E-state index is 13.5. The molecule has 2 aromatic rings. The van der Waals surface area contributed by atoms with Crippen molar-refractivity contribution in [3.05, 3.63) is 41.6 Å². The summed E-state index contributed by atoms with van der Waals surface area (Å²) in [6, 6.07) is 5.92. The zero-order valence-electron chi connectivity index (χ0n) is 13.6. The Hall–Kier alpha value is -2.15.